The number of carboxylic acid groups (broad SMARTS) is 1. The van der Waals surface area contributed by atoms with Crippen LogP contribution in [0.5, 0.6) is 0 Å². The van der Waals surface area contributed by atoms with Crippen LogP contribution in [-0.4, -0.2) is 29.7 Å². The molecule has 3 atom stereocenters. The van der Waals surface area contributed by atoms with Gasteiger partial charge in [0, 0.05) is 12.5 Å². The number of nitrogens with one attached hydrogen (secondary N) is 1. The first-order valence-corrected chi connectivity index (χ1v) is 7.91. The molecular weight excluding hydrogens is 323 g/mol. The summed E-state index contributed by atoms with van der Waals surface area (Å²) in [6.07, 6.45) is -2.67. The Hall–Kier alpha value is -2.05. The summed E-state index contributed by atoms with van der Waals surface area (Å²) in [7, 11) is 0. The van der Waals surface area contributed by atoms with Crippen molar-refractivity contribution in [1.29, 1.82) is 0 Å². The van der Waals surface area contributed by atoms with E-state index in [1.165, 1.54) is 24.3 Å². The van der Waals surface area contributed by atoms with Gasteiger partial charge in [-0.25, -0.2) is 0 Å². The SMILES string of the molecule is O=C(O)[C@H]1CCC[C@@H](C(=O)NCC(c2ccccc2)C(F)(F)F)C1. The molecule has 0 radical (unpaired) electrons. The lowest BCUT2D eigenvalue weighted by Crippen LogP contribution is -2.40. The maximum Gasteiger partial charge on any atom is 0.397 e. The van der Waals surface area contributed by atoms with Crippen molar-refractivity contribution < 1.29 is 27.9 Å². The van der Waals surface area contributed by atoms with E-state index in [-0.39, 0.29) is 12.0 Å². The molecule has 2 rings (SSSR count). The second-order valence-electron chi connectivity index (χ2n) is 6.15. The van der Waals surface area contributed by atoms with E-state index in [0.29, 0.717) is 19.3 Å². The molecule has 1 aromatic rings. The quantitative estimate of drug-likeness (QED) is 0.862. The summed E-state index contributed by atoms with van der Waals surface area (Å²) < 4.78 is 39.7. The molecule has 0 aliphatic heterocycles. The average Bonchev–Trinajstić information content (AvgIpc) is 2.54. The number of rotatable bonds is 5. The summed E-state index contributed by atoms with van der Waals surface area (Å²) in [5.74, 6) is -4.36. The third kappa shape index (κ3) is 4.72. The lowest BCUT2D eigenvalue weighted by atomic mass is 9.81. The molecule has 4 nitrogen and oxygen atoms in total. The minimum atomic E-state index is -4.47. The molecule has 0 saturated heterocycles. The molecule has 132 valence electrons. The van der Waals surface area contributed by atoms with Gasteiger partial charge >= 0.3 is 12.1 Å². The summed E-state index contributed by atoms with van der Waals surface area (Å²) >= 11 is 0. The van der Waals surface area contributed by atoms with Crippen LogP contribution in [0.4, 0.5) is 13.2 Å². The molecule has 0 bridgehead atoms. The highest BCUT2D eigenvalue weighted by molar-refractivity contribution is 5.80. The molecule has 0 aromatic heterocycles. The molecule has 1 amide bonds. The third-order valence-electron chi connectivity index (χ3n) is 4.47. The summed E-state index contributed by atoms with van der Waals surface area (Å²) in [6.45, 7) is -0.541. The lowest BCUT2D eigenvalue weighted by Gasteiger charge is -2.27. The fourth-order valence-electron chi connectivity index (χ4n) is 3.11. The van der Waals surface area contributed by atoms with Gasteiger partial charge in [0.1, 0.15) is 0 Å². The van der Waals surface area contributed by atoms with Gasteiger partial charge in [-0.1, -0.05) is 36.8 Å². The van der Waals surface area contributed by atoms with Crippen molar-refractivity contribution in [2.45, 2.75) is 37.8 Å². The van der Waals surface area contributed by atoms with E-state index in [4.69, 9.17) is 5.11 Å². The van der Waals surface area contributed by atoms with Crippen LogP contribution in [0.25, 0.3) is 0 Å². The average molecular weight is 343 g/mol. The summed E-state index contributed by atoms with van der Waals surface area (Å²) in [6, 6.07) is 7.43. The van der Waals surface area contributed by atoms with Gasteiger partial charge in [0.05, 0.1) is 11.8 Å². The van der Waals surface area contributed by atoms with Crippen molar-refractivity contribution in [2.75, 3.05) is 6.54 Å². The molecule has 1 aliphatic carbocycles. The van der Waals surface area contributed by atoms with Crippen LogP contribution in [-0.2, 0) is 9.59 Å². The molecule has 1 saturated carbocycles. The van der Waals surface area contributed by atoms with Crippen molar-refractivity contribution in [1.82, 2.24) is 5.32 Å². The molecule has 0 heterocycles. The van der Waals surface area contributed by atoms with E-state index in [0.717, 1.165) is 0 Å². The number of hydrogen-bond donors (Lipinski definition) is 2. The smallest absolute Gasteiger partial charge is 0.397 e. The van der Waals surface area contributed by atoms with Gasteiger partial charge in [-0.2, -0.15) is 13.2 Å². The lowest BCUT2D eigenvalue weighted by molar-refractivity contribution is -0.151. The maximum absolute atomic E-state index is 13.2. The van der Waals surface area contributed by atoms with Crippen molar-refractivity contribution in [3.63, 3.8) is 0 Å². The Morgan fingerprint density at radius 3 is 2.38 bits per heavy atom. The molecule has 1 fully saturated rings. The standard InChI is InChI=1S/C17H20F3NO3/c18-17(19,20)14(11-5-2-1-3-6-11)10-21-15(22)12-7-4-8-13(9-12)16(23)24/h1-3,5-6,12-14H,4,7-10H2,(H,21,22)(H,23,24)/t12-,13+,14?/m1/s1. The fraction of sp³-hybridized carbons (Fsp3) is 0.529. The Morgan fingerprint density at radius 1 is 1.17 bits per heavy atom. The molecule has 2 N–H and O–H groups in total. The Morgan fingerprint density at radius 2 is 1.79 bits per heavy atom. The van der Waals surface area contributed by atoms with E-state index >= 15 is 0 Å². The number of hydrogen-bond acceptors (Lipinski definition) is 2. The first kappa shape index (κ1) is 18.3. The zero-order valence-corrected chi connectivity index (χ0v) is 13.1. The highest BCUT2D eigenvalue weighted by atomic mass is 19.4. The third-order valence-corrected chi connectivity index (χ3v) is 4.47. The van der Waals surface area contributed by atoms with Crippen LogP contribution in [0.1, 0.15) is 37.2 Å². The largest absolute Gasteiger partial charge is 0.481 e. The van der Waals surface area contributed by atoms with Crippen molar-refractivity contribution in [2.24, 2.45) is 11.8 Å². The normalized spacial score (nSPS) is 22.6. The van der Waals surface area contributed by atoms with E-state index in [1.807, 2.05) is 0 Å². The van der Waals surface area contributed by atoms with Crippen molar-refractivity contribution >= 4 is 11.9 Å². The maximum atomic E-state index is 13.2. The van der Waals surface area contributed by atoms with Gasteiger partial charge < -0.3 is 10.4 Å². The number of amides is 1. The summed E-state index contributed by atoms with van der Waals surface area (Å²) in [5.41, 5.74) is 0.0948. The molecule has 0 spiro atoms. The highest BCUT2D eigenvalue weighted by Crippen LogP contribution is 2.35. The number of alkyl halides is 3. The van der Waals surface area contributed by atoms with E-state index in [1.54, 1.807) is 6.07 Å². The monoisotopic (exact) mass is 343 g/mol. The second-order valence-corrected chi connectivity index (χ2v) is 6.15. The molecule has 1 unspecified atom stereocenters. The number of halogens is 3. The number of aliphatic carboxylic acids is 1. The molecule has 1 aromatic carbocycles. The Kier molecular flexibility index (Phi) is 5.85. The van der Waals surface area contributed by atoms with Crippen LogP contribution in [0, 0.1) is 11.8 Å². The molecule has 24 heavy (non-hydrogen) atoms. The topological polar surface area (TPSA) is 66.4 Å². The molecular formula is C17H20F3NO3. The minimum Gasteiger partial charge on any atom is -0.481 e. The number of benzene rings is 1. The van der Waals surface area contributed by atoms with Gasteiger partial charge in [-0.15, -0.1) is 0 Å². The van der Waals surface area contributed by atoms with Crippen LogP contribution in [0.2, 0.25) is 0 Å². The predicted octanol–water partition coefficient (Wildman–Crippen LogP) is 3.34. The van der Waals surface area contributed by atoms with Gasteiger partial charge in [0.2, 0.25) is 5.91 Å². The van der Waals surface area contributed by atoms with E-state index in [9.17, 15) is 22.8 Å². The second kappa shape index (κ2) is 7.68. The zero-order valence-electron chi connectivity index (χ0n) is 13.1. The van der Waals surface area contributed by atoms with Crippen LogP contribution >= 0.6 is 0 Å². The highest BCUT2D eigenvalue weighted by Gasteiger charge is 2.41. The molecule has 1 aliphatic rings. The van der Waals surface area contributed by atoms with Crippen LogP contribution in [0.15, 0.2) is 30.3 Å². The van der Waals surface area contributed by atoms with Gasteiger partial charge in [-0.3, -0.25) is 9.59 Å². The van der Waals surface area contributed by atoms with Gasteiger partial charge in [0.15, 0.2) is 0 Å². The summed E-state index contributed by atoms with van der Waals surface area (Å²) in [4.78, 5) is 23.2. The Balaban J connectivity index is 1.99. The number of carbonyl (C=O) groups excluding carboxylic acids is 1. The van der Waals surface area contributed by atoms with Gasteiger partial charge in [0.25, 0.3) is 0 Å². The van der Waals surface area contributed by atoms with E-state index in [2.05, 4.69) is 5.32 Å². The zero-order chi connectivity index (χ0) is 17.7. The number of carbonyl (C=O) groups is 2. The first-order valence-electron chi connectivity index (χ1n) is 7.91. The minimum absolute atomic E-state index is 0.0948. The van der Waals surface area contributed by atoms with E-state index < -0.39 is 42.4 Å². The summed E-state index contributed by atoms with van der Waals surface area (Å²) in [5, 5.41) is 11.4. The van der Waals surface area contributed by atoms with Crippen LogP contribution in [0.3, 0.4) is 0 Å². The van der Waals surface area contributed by atoms with Crippen LogP contribution < -0.4 is 5.32 Å². The first-order chi connectivity index (χ1) is 11.3. The Bertz CT molecular complexity index is 574. The fourth-order valence-corrected chi connectivity index (χ4v) is 3.11. The van der Waals surface area contributed by atoms with Crippen molar-refractivity contribution in [3.05, 3.63) is 35.9 Å². The van der Waals surface area contributed by atoms with Gasteiger partial charge in [-0.05, 0) is 24.8 Å². The number of carboxylic acids is 1. The Labute approximate surface area is 138 Å². The molecule has 7 heteroatoms. The van der Waals surface area contributed by atoms with Crippen molar-refractivity contribution in [3.8, 4) is 0 Å². The predicted molar refractivity (Wildman–Crippen MR) is 81.3 cm³/mol.